The molecule has 0 saturated carbocycles. The van der Waals surface area contributed by atoms with Gasteiger partial charge in [-0.2, -0.15) is 0 Å². The van der Waals surface area contributed by atoms with E-state index in [1.54, 1.807) is 0 Å². The van der Waals surface area contributed by atoms with Gasteiger partial charge in [0.2, 0.25) is 5.91 Å². The lowest BCUT2D eigenvalue weighted by Gasteiger charge is -2.11. The van der Waals surface area contributed by atoms with E-state index in [1.807, 2.05) is 43.5 Å². The average molecular weight is 381 g/mol. The molecule has 3 rings (SSSR count). The Bertz CT molecular complexity index is 994. The van der Waals surface area contributed by atoms with Crippen LogP contribution in [0.4, 0.5) is 5.69 Å². The second kappa shape index (κ2) is 7.96. The summed E-state index contributed by atoms with van der Waals surface area (Å²) in [6, 6.07) is 12.3. The fourth-order valence-electron chi connectivity index (χ4n) is 2.79. The Kier molecular flexibility index (Phi) is 5.65. The molecule has 0 aliphatic heterocycles. The topological polar surface area (TPSA) is 59.8 Å². The number of amides is 1. The molecular formula is C21H24N4OS. The molecular weight excluding hydrogens is 356 g/mol. The molecule has 5 nitrogen and oxygen atoms in total. The molecule has 0 spiro atoms. The van der Waals surface area contributed by atoms with E-state index < -0.39 is 0 Å². The molecule has 140 valence electrons. The first kappa shape index (κ1) is 19.2. The highest BCUT2D eigenvalue weighted by Crippen LogP contribution is 2.24. The Morgan fingerprint density at radius 1 is 0.963 bits per heavy atom. The van der Waals surface area contributed by atoms with Gasteiger partial charge in [0.1, 0.15) is 5.82 Å². The highest BCUT2D eigenvalue weighted by molar-refractivity contribution is 7.99. The van der Waals surface area contributed by atoms with Crippen molar-refractivity contribution in [1.82, 2.24) is 14.8 Å². The number of anilines is 1. The fourth-order valence-corrected chi connectivity index (χ4v) is 3.58. The predicted octanol–water partition coefficient (Wildman–Crippen LogP) is 4.54. The summed E-state index contributed by atoms with van der Waals surface area (Å²) in [7, 11) is 0. The smallest absolute Gasteiger partial charge is 0.234 e. The lowest BCUT2D eigenvalue weighted by Crippen LogP contribution is -2.15. The number of nitrogens with one attached hydrogen (secondary N) is 1. The van der Waals surface area contributed by atoms with Crippen LogP contribution in [0.15, 0.2) is 41.6 Å². The van der Waals surface area contributed by atoms with Crippen molar-refractivity contribution in [1.29, 1.82) is 0 Å². The fraction of sp³-hybridized carbons (Fsp3) is 0.286. The van der Waals surface area contributed by atoms with Crippen LogP contribution in [0.2, 0.25) is 0 Å². The molecule has 1 N–H and O–H groups in total. The minimum Gasteiger partial charge on any atom is -0.325 e. The van der Waals surface area contributed by atoms with Crippen molar-refractivity contribution in [2.45, 2.75) is 39.8 Å². The third-order valence-electron chi connectivity index (χ3n) is 4.54. The minimum atomic E-state index is -0.0546. The van der Waals surface area contributed by atoms with Gasteiger partial charge in [0.05, 0.1) is 5.75 Å². The maximum Gasteiger partial charge on any atom is 0.234 e. The third-order valence-corrected chi connectivity index (χ3v) is 5.47. The van der Waals surface area contributed by atoms with Gasteiger partial charge in [0, 0.05) is 11.4 Å². The Balaban J connectivity index is 1.74. The molecule has 27 heavy (non-hydrogen) atoms. The number of benzene rings is 2. The van der Waals surface area contributed by atoms with E-state index in [-0.39, 0.29) is 11.7 Å². The Morgan fingerprint density at radius 2 is 1.70 bits per heavy atom. The predicted molar refractivity (Wildman–Crippen MR) is 111 cm³/mol. The van der Waals surface area contributed by atoms with E-state index in [9.17, 15) is 4.79 Å². The molecule has 3 aromatic rings. The number of thioether (sulfide) groups is 1. The van der Waals surface area contributed by atoms with Gasteiger partial charge >= 0.3 is 0 Å². The Morgan fingerprint density at radius 3 is 2.44 bits per heavy atom. The summed E-state index contributed by atoms with van der Waals surface area (Å²) in [6.45, 7) is 10.1. The Hall–Kier alpha value is -2.60. The molecule has 1 amide bonds. The number of aryl methyl sites for hydroxylation is 5. The van der Waals surface area contributed by atoms with Gasteiger partial charge in [0.25, 0.3) is 0 Å². The zero-order valence-corrected chi connectivity index (χ0v) is 17.1. The van der Waals surface area contributed by atoms with Crippen LogP contribution >= 0.6 is 11.8 Å². The van der Waals surface area contributed by atoms with Crippen molar-refractivity contribution in [3.63, 3.8) is 0 Å². The molecule has 1 heterocycles. The molecule has 0 unspecified atom stereocenters. The van der Waals surface area contributed by atoms with E-state index in [4.69, 9.17) is 0 Å². The van der Waals surface area contributed by atoms with Crippen LogP contribution in [0.3, 0.4) is 0 Å². The van der Waals surface area contributed by atoms with Crippen LogP contribution < -0.4 is 5.32 Å². The number of hydrogen-bond acceptors (Lipinski definition) is 4. The lowest BCUT2D eigenvalue weighted by atomic mass is 10.1. The molecule has 0 fully saturated rings. The second-order valence-electron chi connectivity index (χ2n) is 6.79. The minimum absolute atomic E-state index is 0.0546. The molecule has 2 aromatic carbocycles. The molecule has 0 atom stereocenters. The van der Waals surface area contributed by atoms with E-state index in [0.717, 1.165) is 28.3 Å². The average Bonchev–Trinajstić information content (AvgIpc) is 2.99. The van der Waals surface area contributed by atoms with Gasteiger partial charge in [-0.1, -0.05) is 30.0 Å². The highest BCUT2D eigenvalue weighted by atomic mass is 32.2. The van der Waals surface area contributed by atoms with Crippen LogP contribution in [0.25, 0.3) is 5.69 Å². The van der Waals surface area contributed by atoms with Gasteiger partial charge in [-0.3, -0.25) is 9.36 Å². The van der Waals surface area contributed by atoms with Crippen molar-refractivity contribution in [2.75, 3.05) is 11.1 Å². The van der Waals surface area contributed by atoms with Gasteiger partial charge in [-0.05, 0) is 75.1 Å². The van der Waals surface area contributed by atoms with E-state index >= 15 is 0 Å². The van der Waals surface area contributed by atoms with Crippen molar-refractivity contribution < 1.29 is 4.79 Å². The summed E-state index contributed by atoms with van der Waals surface area (Å²) in [5, 5.41) is 12.1. The second-order valence-corrected chi connectivity index (χ2v) is 7.73. The maximum atomic E-state index is 12.4. The highest BCUT2D eigenvalue weighted by Gasteiger charge is 2.14. The molecule has 1 aromatic heterocycles. The Labute approximate surface area is 164 Å². The van der Waals surface area contributed by atoms with E-state index in [0.29, 0.717) is 5.16 Å². The largest absolute Gasteiger partial charge is 0.325 e. The van der Waals surface area contributed by atoms with Gasteiger partial charge in [0.15, 0.2) is 5.16 Å². The van der Waals surface area contributed by atoms with E-state index in [2.05, 4.69) is 47.6 Å². The van der Waals surface area contributed by atoms with Crippen molar-refractivity contribution in [3.8, 4) is 5.69 Å². The van der Waals surface area contributed by atoms with Crippen LogP contribution in [0.1, 0.15) is 28.1 Å². The number of rotatable bonds is 5. The number of carbonyl (C=O) groups is 1. The standard InChI is InChI=1S/C21H24N4OS/c1-13-6-7-15(3)19(10-13)22-20(26)12-27-21-24-23-17(5)25(21)18-9-8-14(2)16(4)11-18/h6-11H,12H2,1-5H3,(H,22,26). The summed E-state index contributed by atoms with van der Waals surface area (Å²) < 4.78 is 1.99. The maximum absolute atomic E-state index is 12.4. The third kappa shape index (κ3) is 4.39. The zero-order valence-electron chi connectivity index (χ0n) is 16.3. The zero-order chi connectivity index (χ0) is 19.6. The number of aromatic nitrogens is 3. The summed E-state index contributed by atoms with van der Waals surface area (Å²) in [4.78, 5) is 12.4. The van der Waals surface area contributed by atoms with Crippen molar-refractivity contribution in [2.24, 2.45) is 0 Å². The van der Waals surface area contributed by atoms with Crippen molar-refractivity contribution in [3.05, 3.63) is 64.5 Å². The summed E-state index contributed by atoms with van der Waals surface area (Å²) in [5.74, 6) is 1.02. The molecule has 6 heteroatoms. The summed E-state index contributed by atoms with van der Waals surface area (Å²) in [5.41, 5.74) is 6.49. The molecule has 0 saturated heterocycles. The molecule has 0 aliphatic rings. The summed E-state index contributed by atoms with van der Waals surface area (Å²) in [6.07, 6.45) is 0. The molecule has 0 radical (unpaired) electrons. The van der Waals surface area contributed by atoms with Crippen LogP contribution in [-0.2, 0) is 4.79 Å². The molecule has 0 aliphatic carbocycles. The van der Waals surface area contributed by atoms with Crippen LogP contribution in [0.5, 0.6) is 0 Å². The number of carbonyl (C=O) groups excluding carboxylic acids is 1. The van der Waals surface area contributed by atoms with Gasteiger partial charge in [-0.25, -0.2) is 0 Å². The van der Waals surface area contributed by atoms with Crippen LogP contribution in [-0.4, -0.2) is 26.4 Å². The van der Waals surface area contributed by atoms with E-state index in [1.165, 1.54) is 22.9 Å². The first-order chi connectivity index (χ1) is 12.8. The van der Waals surface area contributed by atoms with Gasteiger partial charge in [-0.15, -0.1) is 10.2 Å². The number of hydrogen-bond donors (Lipinski definition) is 1. The van der Waals surface area contributed by atoms with Crippen LogP contribution in [0, 0.1) is 34.6 Å². The molecule has 0 bridgehead atoms. The quantitative estimate of drug-likeness (QED) is 0.660. The van der Waals surface area contributed by atoms with Crippen molar-refractivity contribution >= 4 is 23.4 Å². The normalized spacial score (nSPS) is 10.9. The first-order valence-electron chi connectivity index (χ1n) is 8.84. The first-order valence-corrected chi connectivity index (χ1v) is 9.83. The lowest BCUT2D eigenvalue weighted by molar-refractivity contribution is -0.113. The summed E-state index contributed by atoms with van der Waals surface area (Å²) >= 11 is 1.39. The number of nitrogens with zero attached hydrogens (tertiary/aromatic N) is 3. The monoisotopic (exact) mass is 380 g/mol. The SMILES string of the molecule is Cc1ccc(C)c(NC(=O)CSc2nnc(C)n2-c2ccc(C)c(C)c2)c1. The van der Waals surface area contributed by atoms with Gasteiger partial charge < -0.3 is 5.32 Å².